The highest BCUT2D eigenvalue weighted by atomic mass is 32.2. The fourth-order valence-electron chi connectivity index (χ4n) is 2.90. The van der Waals surface area contributed by atoms with Crippen LogP contribution < -0.4 is 4.74 Å². The third-order valence-corrected chi connectivity index (χ3v) is 5.26. The predicted octanol–water partition coefficient (Wildman–Crippen LogP) is 1.53. The van der Waals surface area contributed by atoms with Gasteiger partial charge in [0.05, 0.1) is 17.8 Å². The number of pyridine rings is 1. The maximum atomic E-state index is 12.4. The Bertz CT molecular complexity index is 930. The summed E-state index contributed by atoms with van der Waals surface area (Å²) >= 11 is 1.34. The number of benzene rings is 1. The maximum absolute atomic E-state index is 12.4. The molecule has 0 saturated carbocycles. The molecule has 1 fully saturated rings. The number of tetrazole rings is 1. The van der Waals surface area contributed by atoms with E-state index in [1.54, 1.807) is 11.7 Å². The molecule has 0 radical (unpaired) electrons. The minimum absolute atomic E-state index is 0.0332. The van der Waals surface area contributed by atoms with Gasteiger partial charge in [-0.1, -0.05) is 30.0 Å². The van der Waals surface area contributed by atoms with Crippen LogP contribution in [0.3, 0.4) is 0 Å². The van der Waals surface area contributed by atoms with Crippen molar-refractivity contribution in [1.82, 2.24) is 30.1 Å². The number of nitrogens with zero attached hydrogens (tertiary/aromatic N) is 6. The van der Waals surface area contributed by atoms with Crippen LogP contribution in [-0.2, 0) is 11.8 Å². The lowest BCUT2D eigenvalue weighted by atomic mass is 10.2. The summed E-state index contributed by atoms with van der Waals surface area (Å²) in [6.07, 6.45) is 0.769. The summed E-state index contributed by atoms with van der Waals surface area (Å²) in [4.78, 5) is 18.7. The predicted molar refractivity (Wildman–Crippen MR) is 96.9 cm³/mol. The zero-order chi connectivity index (χ0) is 17.9. The van der Waals surface area contributed by atoms with Crippen molar-refractivity contribution in [2.45, 2.75) is 17.7 Å². The first-order valence-electron chi connectivity index (χ1n) is 8.34. The standard InChI is InChI=1S/C17H18N6O2S/c1-22-17(19-20-21-22)26-11-16(24)23-9-8-13(10-23)25-15-7-6-12-4-2-3-5-14(12)18-15/h2-7,13H,8-11H2,1H3. The van der Waals surface area contributed by atoms with Crippen LogP contribution in [0.5, 0.6) is 5.88 Å². The topological polar surface area (TPSA) is 86.0 Å². The lowest BCUT2D eigenvalue weighted by molar-refractivity contribution is -0.127. The van der Waals surface area contributed by atoms with Crippen molar-refractivity contribution < 1.29 is 9.53 Å². The third kappa shape index (κ3) is 3.62. The van der Waals surface area contributed by atoms with Crippen molar-refractivity contribution in [3.8, 4) is 5.88 Å². The van der Waals surface area contributed by atoms with Gasteiger partial charge in [0, 0.05) is 31.5 Å². The highest BCUT2D eigenvalue weighted by Gasteiger charge is 2.28. The van der Waals surface area contributed by atoms with E-state index in [2.05, 4.69) is 20.5 Å². The van der Waals surface area contributed by atoms with Crippen LogP contribution in [0, 0.1) is 0 Å². The summed E-state index contributed by atoms with van der Waals surface area (Å²) in [6, 6.07) is 11.8. The minimum atomic E-state index is -0.0332. The smallest absolute Gasteiger partial charge is 0.233 e. The minimum Gasteiger partial charge on any atom is -0.472 e. The molecule has 0 N–H and O–H groups in total. The number of hydrogen-bond acceptors (Lipinski definition) is 7. The molecular weight excluding hydrogens is 352 g/mol. The molecule has 1 aliphatic rings. The van der Waals surface area contributed by atoms with Gasteiger partial charge in [-0.2, -0.15) is 0 Å². The Kier molecular flexibility index (Phi) is 4.70. The number of ether oxygens (including phenoxy) is 1. The summed E-state index contributed by atoms with van der Waals surface area (Å²) in [5, 5.41) is 12.9. The number of para-hydroxylation sites is 1. The highest BCUT2D eigenvalue weighted by Crippen LogP contribution is 2.21. The monoisotopic (exact) mass is 370 g/mol. The van der Waals surface area contributed by atoms with E-state index in [0.29, 0.717) is 29.9 Å². The van der Waals surface area contributed by atoms with E-state index < -0.39 is 0 Å². The Morgan fingerprint density at radius 3 is 3.04 bits per heavy atom. The van der Waals surface area contributed by atoms with Gasteiger partial charge >= 0.3 is 0 Å². The van der Waals surface area contributed by atoms with E-state index in [4.69, 9.17) is 4.74 Å². The fraction of sp³-hybridized carbons (Fsp3) is 0.353. The van der Waals surface area contributed by atoms with Gasteiger partial charge in [0.25, 0.3) is 0 Å². The molecule has 26 heavy (non-hydrogen) atoms. The Morgan fingerprint density at radius 2 is 2.19 bits per heavy atom. The fourth-order valence-corrected chi connectivity index (χ4v) is 3.65. The van der Waals surface area contributed by atoms with Gasteiger partial charge in [-0.15, -0.1) is 5.10 Å². The second-order valence-corrected chi connectivity index (χ2v) is 7.03. The van der Waals surface area contributed by atoms with Crippen molar-refractivity contribution in [2.24, 2.45) is 7.05 Å². The lowest BCUT2D eigenvalue weighted by Gasteiger charge is -2.16. The molecule has 2 aromatic heterocycles. The molecule has 1 aromatic carbocycles. The number of rotatable bonds is 5. The molecule has 0 aliphatic carbocycles. The number of aromatic nitrogens is 5. The quantitative estimate of drug-likeness (QED) is 0.630. The van der Waals surface area contributed by atoms with Crippen molar-refractivity contribution in [3.05, 3.63) is 36.4 Å². The number of carbonyl (C=O) groups excluding carboxylic acids is 1. The van der Waals surface area contributed by atoms with E-state index in [0.717, 1.165) is 17.3 Å². The van der Waals surface area contributed by atoms with E-state index in [1.165, 1.54) is 11.8 Å². The molecule has 1 amide bonds. The third-order valence-electron chi connectivity index (χ3n) is 4.26. The van der Waals surface area contributed by atoms with E-state index in [-0.39, 0.29) is 12.0 Å². The zero-order valence-corrected chi connectivity index (χ0v) is 15.1. The van der Waals surface area contributed by atoms with Crippen LogP contribution >= 0.6 is 11.8 Å². The van der Waals surface area contributed by atoms with E-state index >= 15 is 0 Å². The second kappa shape index (κ2) is 7.28. The van der Waals surface area contributed by atoms with Gasteiger partial charge in [0.2, 0.25) is 16.9 Å². The van der Waals surface area contributed by atoms with Crippen molar-refractivity contribution in [2.75, 3.05) is 18.8 Å². The molecule has 1 atom stereocenters. The van der Waals surface area contributed by atoms with Gasteiger partial charge in [-0.05, 0) is 22.6 Å². The molecule has 1 unspecified atom stereocenters. The maximum Gasteiger partial charge on any atom is 0.233 e. The van der Waals surface area contributed by atoms with Crippen molar-refractivity contribution in [1.29, 1.82) is 0 Å². The first-order valence-corrected chi connectivity index (χ1v) is 9.33. The Morgan fingerprint density at radius 1 is 1.31 bits per heavy atom. The van der Waals surface area contributed by atoms with Gasteiger partial charge in [0.1, 0.15) is 6.10 Å². The van der Waals surface area contributed by atoms with Crippen LogP contribution in [0.1, 0.15) is 6.42 Å². The van der Waals surface area contributed by atoms with Crippen LogP contribution in [0.15, 0.2) is 41.6 Å². The normalized spacial score (nSPS) is 17.0. The molecule has 1 aliphatic heterocycles. The Balaban J connectivity index is 1.32. The summed E-state index contributed by atoms with van der Waals surface area (Å²) < 4.78 is 7.54. The van der Waals surface area contributed by atoms with Crippen molar-refractivity contribution in [3.63, 3.8) is 0 Å². The number of fused-ring (bicyclic) bond motifs is 1. The van der Waals surface area contributed by atoms with Crippen LogP contribution in [0.2, 0.25) is 0 Å². The van der Waals surface area contributed by atoms with Gasteiger partial charge in [0.15, 0.2) is 0 Å². The molecular formula is C17H18N6O2S. The molecule has 9 heteroatoms. The van der Waals surface area contributed by atoms with Crippen LogP contribution in [0.4, 0.5) is 0 Å². The van der Waals surface area contributed by atoms with Crippen LogP contribution in [-0.4, -0.2) is 60.9 Å². The average molecular weight is 370 g/mol. The number of aryl methyl sites for hydroxylation is 1. The van der Waals surface area contributed by atoms with Gasteiger partial charge in [-0.3, -0.25) is 4.79 Å². The molecule has 8 nitrogen and oxygen atoms in total. The molecule has 3 aromatic rings. The largest absolute Gasteiger partial charge is 0.472 e. The average Bonchev–Trinajstić information content (AvgIpc) is 3.29. The molecule has 1 saturated heterocycles. The number of likely N-dealkylation sites (tertiary alicyclic amines) is 1. The van der Waals surface area contributed by atoms with Gasteiger partial charge in [-0.25, -0.2) is 9.67 Å². The van der Waals surface area contributed by atoms with Gasteiger partial charge < -0.3 is 9.64 Å². The first kappa shape index (κ1) is 16.8. The molecule has 0 bridgehead atoms. The van der Waals surface area contributed by atoms with E-state index in [9.17, 15) is 4.79 Å². The zero-order valence-electron chi connectivity index (χ0n) is 14.3. The summed E-state index contributed by atoms with van der Waals surface area (Å²) in [5.74, 6) is 0.980. The Labute approximate surface area is 154 Å². The number of carbonyl (C=O) groups is 1. The lowest BCUT2D eigenvalue weighted by Crippen LogP contribution is -2.32. The molecule has 4 rings (SSSR count). The van der Waals surface area contributed by atoms with Crippen LogP contribution in [0.25, 0.3) is 10.9 Å². The van der Waals surface area contributed by atoms with E-state index in [1.807, 2.05) is 41.3 Å². The number of hydrogen-bond donors (Lipinski definition) is 0. The van der Waals surface area contributed by atoms with Crippen molar-refractivity contribution >= 4 is 28.6 Å². The molecule has 134 valence electrons. The summed E-state index contributed by atoms with van der Waals surface area (Å²) in [6.45, 7) is 1.26. The molecule has 0 spiro atoms. The molecule has 3 heterocycles. The Hall–Kier alpha value is -2.68. The summed E-state index contributed by atoms with van der Waals surface area (Å²) in [5.41, 5.74) is 0.907. The number of amides is 1. The summed E-state index contributed by atoms with van der Waals surface area (Å²) in [7, 11) is 1.75. The highest BCUT2D eigenvalue weighted by molar-refractivity contribution is 7.99. The SMILES string of the molecule is Cn1nnnc1SCC(=O)N1CCC(Oc2ccc3ccccc3n2)C1. The first-order chi connectivity index (χ1) is 12.7. The number of thioether (sulfide) groups is 1. The second-order valence-electron chi connectivity index (χ2n) is 6.08.